The maximum absolute atomic E-state index is 3.59. The van der Waals surface area contributed by atoms with Crippen LogP contribution in [-0.4, -0.2) is 0 Å². The van der Waals surface area contributed by atoms with Crippen molar-refractivity contribution in [3.8, 4) is 0 Å². The molecule has 0 saturated carbocycles. The summed E-state index contributed by atoms with van der Waals surface area (Å²) in [4.78, 5) is 0. The lowest BCUT2D eigenvalue weighted by Crippen LogP contribution is -1.70. The predicted octanol–water partition coefficient (Wildman–Crippen LogP) is 2.90. The van der Waals surface area contributed by atoms with Crippen LogP contribution in [0.4, 0.5) is 0 Å². The van der Waals surface area contributed by atoms with Gasteiger partial charge in [0.25, 0.3) is 0 Å². The first-order valence-electron chi connectivity index (χ1n) is 3.06. The standard InChI is InChI=1S/C9H13/c1-4-6-8-9(3)7-5-2/h4-8H,2H2,1,3H3/b6-4+,9-7-. The van der Waals surface area contributed by atoms with Gasteiger partial charge >= 0.3 is 0 Å². The molecule has 0 aromatic rings. The summed E-state index contributed by atoms with van der Waals surface area (Å²) < 4.78 is 0. The van der Waals surface area contributed by atoms with Gasteiger partial charge in [-0.05, 0) is 13.8 Å². The average molecular weight is 121 g/mol. The normalized spacial score (nSPS) is 12.4. The van der Waals surface area contributed by atoms with E-state index in [-0.39, 0.29) is 0 Å². The zero-order chi connectivity index (χ0) is 7.11. The largest absolute Gasteiger partial charge is 0.0991 e. The van der Waals surface area contributed by atoms with Gasteiger partial charge in [0.2, 0.25) is 0 Å². The van der Waals surface area contributed by atoms with Crippen LogP contribution in [0, 0.1) is 6.42 Å². The molecule has 49 valence electrons. The lowest BCUT2D eigenvalue weighted by atomic mass is 10.2. The number of hydrogen-bond acceptors (Lipinski definition) is 0. The van der Waals surface area contributed by atoms with Crippen molar-refractivity contribution in [3.63, 3.8) is 0 Å². The molecule has 0 heterocycles. The molecule has 0 aliphatic heterocycles. The molecule has 0 aliphatic rings. The van der Waals surface area contributed by atoms with Crippen LogP contribution in [-0.2, 0) is 0 Å². The van der Waals surface area contributed by atoms with Crippen LogP contribution in [0.25, 0.3) is 0 Å². The number of rotatable bonds is 3. The molecule has 0 heteroatoms. The molecule has 1 radical (unpaired) electrons. The van der Waals surface area contributed by atoms with Crippen LogP contribution in [0.3, 0.4) is 0 Å². The highest BCUT2D eigenvalue weighted by Gasteiger charge is 1.79. The van der Waals surface area contributed by atoms with Crippen LogP contribution in [0.15, 0.2) is 36.5 Å². The maximum Gasteiger partial charge on any atom is 0.00772 e. The lowest BCUT2D eigenvalue weighted by Gasteiger charge is -1.88. The first kappa shape index (κ1) is 8.22. The summed E-state index contributed by atoms with van der Waals surface area (Å²) in [5, 5.41) is 0. The van der Waals surface area contributed by atoms with Crippen molar-refractivity contribution >= 4 is 0 Å². The fourth-order valence-electron chi connectivity index (χ4n) is 0.489. The molecule has 0 rings (SSSR count). The van der Waals surface area contributed by atoms with E-state index < -0.39 is 0 Å². The highest BCUT2D eigenvalue weighted by molar-refractivity contribution is 5.22. The molecule has 0 atom stereocenters. The van der Waals surface area contributed by atoms with Gasteiger partial charge in [-0.3, -0.25) is 0 Å². The average Bonchev–Trinajstić information content (AvgIpc) is 1.85. The van der Waals surface area contributed by atoms with E-state index in [4.69, 9.17) is 0 Å². The molecule has 0 amide bonds. The molecule has 0 unspecified atom stereocenters. The van der Waals surface area contributed by atoms with E-state index in [2.05, 4.69) is 6.58 Å². The van der Waals surface area contributed by atoms with E-state index in [1.165, 1.54) is 5.57 Å². The van der Waals surface area contributed by atoms with Gasteiger partial charge in [-0.25, -0.2) is 0 Å². The van der Waals surface area contributed by atoms with Crippen molar-refractivity contribution in [2.24, 2.45) is 0 Å². The van der Waals surface area contributed by atoms with Crippen LogP contribution in [0.5, 0.6) is 0 Å². The molecule has 0 bridgehead atoms. The Morgan fingerprint density at radius 2 is 2.11 bits per heavy atom. The minimum Gasteiger partial charge on any atom is -0.0991 e. The van der Waals surface area contributed by atoms with Crippen LogP contribution in [0.2, 0.25) is 0 Å². The quantitative estimate of drug-likeness (QED) is 0.503. The molecule has 0 nitrogen and oxygen atoms in total. The number of allylic oxidation sites excluding steroid dienone is 5. The highest BCUT2D eigenvalue weighted by Crippen LogP contribution is 1.98. The zero-order valence-electron chi connectivity index (χ0n) is 6.09. The van der Waals surface area contributed by atoms with Crippen molar-refractivity contribution in [2.75, 3.05) is 0 Å². The van der Waals surface area contributed by atoms with Crippen LogP contribution >= 0.6 is 0 Å². The molecule has 0 aromatic carbocycles. The second kappa shape index (κ2) is 5.36. The van der Waals surface area contributed by atoms with Gasteiger partial charge in [-0.1, -0.05) is 36.5 Å². The maximum atomic E-state index is 3.59. The van der Waals surface area contributed by atoms with Gasteiger partial charge in [0.05, 0.1) is 0 Å². The lowest BCUT2D eigenvalue weighted by molar-refractivity contribution is 1.43. The summed E-state index contributed by atoms with van der Waals surface area (Å²) in [6.07, 6.45) is 9.81. The summed E-state index contributed by atoms with van der Waals surface area (Å²) in [6.45, 7) is 7.63. The Morgan fingerprint density at radius 3 is 2.56 bits per heavy atom. The van der Waals surface area contributed by atoms with E-state index in [1.54, 1.807) is 6.08 Å². The van der Waals surface area contributed by atoms with Crippen LogP contribution in [0.1, 0.15) is 13.8 Å². The first-order chi connectivity index (χ1) is 4.31. The van der Waals surface area contributed by atoms with Crippen molar-refractivity contribution < 1.29 is 0 Å². The fourth-order valence-corrected chi connectivity index (χ4v) is 0.489. The molecular formula is C9H13. The van der Waals surface area contributed by atoms with E-state index >= 15 is 0 Å². The van der Waals surface area contributed by atoms with E-state index in [0.717, 1.165) is 0 Å². The van der Waals surface area contributed by atoms with Gasteiger partial charge in [-0.2, -0.15) is 0 Å². The summed E-state index contributed by atoms with van der Waals surface area (Å²) in [5.74, 6) is 0. The minimum atomic E-state index is 1.23. The Kier molecular flexibility index (Phi) is 4.89. The molecule has 0 N–H and O–H groups in total. The molecular weight excluding hydrogens is 108 g/mol. The molecule has 0 spiro atoms. The highest BCUT2D eigenvalue weighted by atomic mass is 13.9. The molecule has 0 fully saturated rings. The second-order valence-corrected chi connectivity index (χ2v) is 1.84. The van der Waals surface area contributed by atoms with Gasteiger partial charge in [-0.15, -0.1) is 0 Å². The number of hydrogen-bond donors (Lipinski definition) is 0. The Morgan fingerprint density at radius 1 is 1.44 bits per heavy atom. The third-order valence-corrected chi connectivity index (χ3v) is 0.932. The monoisotopic (exact) mass is 121 g/mol. The van der Waals surface area contributed by atoms with Crippen molar-refractivity contribution in [1.29, 1.82) is 0 Å². The Bertz CT molecular complexity index is 127. The SMILES string of the molecule is C=C/C=C(/C)[CH]/C=C/C. The Labute approximate surface area is 57.6 Å². The van der Waals surface area contributed by atoms with Crippen molar-refractivity contribution in [1.82, 2.24) is 0 Å². The van der Waals surface area contributed by atoms with Gasteiger partial charge in [0, 0.05) is 6.42 Å². The van der Waals surface area contributed by atoms with Crippen molar-refractivity contribution in [3.05, 3.63) is 42.9 Å². The third kappa shape index (κ3) is 5.09. The second-order valence-electron chi connectivity index (χ2n) is 1.84. The van der Waals surface area contributed by atoms with Crippen molar-refractivity contribution in [2.45, 2.75) is 13.8 Å². The summed E-state index contributed by atoms with van der Waals surface area (Å²) >= 11 is 0. The summed E-state index contributed by atoms with van der Waals surface area (Å²) in [5.41, 5.74) is 1.23. The molecule has 0 aliphatic carbocycles. The zero-order valence-corrected chi connectivity index (χ0v) is 6.09. The summed E-state index contributed by atoms with van der Waals surface area (Å²) in [6, 6.07) is 0. The van der Waals surface area contributed by atoms with Gasteiger partial charge in [0.15, 0.2) is 0 Å². The summed E-state index contributed by atoms with van der Waals surface area (Å²) in [7, 11) is 0. The fraction of sp³-hybridized carbons (Fsp3) is 0.222. The predicted molar refractivity (Wildman–Crippen MR) is 43.1 cm³/mol. The molecule has 0 aromatic heterocycles. The minimum absolute atomic E-state index is 1.23. The van der Waals surface area contributed by atoms with Gasteiger partial charge < -0.3 is 0 Å². The Balaban J connectivity index is 3.61. The smallest absolute Gasteiger partial charge is 0.00772 e. The Hall–Kier alpha value is -0.780. The van der Waals surface area contributed by atoms with E-state index in [1.807, 2.05) is 38.5 Å². The van der Waals surface area contributed by atoms with E-state index in [0.29, 0.717) is 0 Å². The molecule has 9 heavy (non-hydrogen) atoms. The topological polar surface area (TPSA) is 0 Å². The van der Waals surface area contributed by atoms with Gasteiger partial charge in [0.1, 0.15) is 0 Å². The molecule has 0 saturated heterocycles. The van der Waals surface area contributed by atoms with Crippen LogP contribution < -0.4 is 0 Å². The van der Waals surface area contributed by atoms with E-state index in [9.17, 15) is 0 Å². The first-order valence-corrected chi connectivity index (χ1v) is 3.06. The third-order valence-electron chi connectivity index (χ3n) is 0.932.